The van der Waals surface area contributed by atoms with Gasteiger partial charge in [-0.25, -0.2) is 0 Å². The fourth-order valence-electron chi connectivity index (χ4n) is 2.24. The summed E-state index contributed by atoms with van der Waals surface area (Å²) in [6.45, 7) is 0.642. The highest BCUT2D eigenvalue weighted by molar-refractivity contribution is 9.11. The number of benzene rings is 1. The average molecular weight is 489 g/mol. The average Bonchev–Trinajstić information content (AvgIpc) is 3.07. The first-order chi connectivity index (χ1) is 13.3. The van der Waals surface area contributed by atoms with E-state index in [4.69, 9.17) is 16.3 Å². The molecule has 7 nitrogen and oxygen atoms in total. The highest BCUT2D eigenvalue weighted by atomic mass is 79.9. The zero-order valence-corrected chi connectivity index (χ0v) is 18.4. The van der Waals surface area contributed by atoms with Gasteiger partial charge < -0.3 is 20.3 Å². The number of rotatable bonds is 8. The van der Waals surface area contributed by atoms with Crippen LogP contribution < -0.4 is 10.6 Å². The van der Waals surface area contributed by atoms with Gasteiger partial charge in [-0.15, -0.1) is 11.3 Å². The van der Waals surface area contributed by atoms with Crippen molar-refractivity contribution in [2.75, 3.05) is 39.2 Å². The van der Waals surface area contributed by atoms with Gasteiger partial charge in [-0.2, -0.15) is 0 Å². The van der Waals surface area contributed by atoms with Gasteiger partial charge in [0, 0.05) is 26.4 Å². The number of amides is 3. The van der Waals surface area contributed by atoms with Crippen molar-refractivity contribution in [3.63, 3.8) is 0 Å². The van der Waals surface area contributed by atoms with Gasteiger partial charge in [-0.3, -0.25) is 14.4 Å². The molecule has 1 aromatic heterocycles. The van der Waals surface area contributed by atoms with Crippen LogP contribution in [0.25, 0.3) is 0 Å². The van der Waals surface area contributed by atoms with E-state index in [1.165, 1.54) is 28.4 Å². The molecular formula is C18H19BrClN3O4S. The number of likely N-dealkylation sites (N-methyl/N-ethyl adjacent to an activating group) is 1. The molecule has 0 aliphatic rings. The fraction of sp³-hybridized carbons (Fsp3) is 0.278. The lowest BCUT2D eigenvalue weighted by Crippen LogP contribution is -2.34. The molecule has 1 heterocycles. The number of hydrogen-bond acceptors (Lipinski definition) is 5. The molecule has 1 aromatic carbocycles. The Bertz CT molecular complexity index is 874. The molecule has 0 atom stereocenters. The minimum Gasteiger partial charge on any atom is -0.383 e. The van der Waals surface area contributed by atoms with Gasteiger partial charge in [-0.05, 0) is 46.3 Å². The van der Waals surface area contributed by atoms with Gasteiger partial charge in [0.05, 0.1) is 32.4 Å². The number of hydrogen-bond donors (Lipinski definition) is 2. The molecule has 0 unspecified atom stereocenters. The minimum absolute atomic E-state index is 0.120. The van der Waals surface area contributed by atoms with E-state index in [1.807, 2.05) is 0 Å². The van der Waals surface area contributed by atoms with Gasteiger partial charge in [0.15, 0.2) is 0 Å². The predicted octanol–water partition coefficient (Wildman–Crippen LogP) is 3.25. The summed E-state index contributed by atoms with van der Waals surface area (Å²) in [7, 11) is 3.09. The fourth-order valence-corrected chi connectivity index (χ4v) is 3.89. The van der Waals surface area contributed by atoms with Crippen LogP contribution in [0.3, 0.4) is 0 Å². The number of methoxy groups -OCH3 is 1. The molecule has 2 aromatic rings. The molecule has 0 saturated carbocycles. The zero-order valence-electron chi connectivity index (χ0n) is 15.3. The Kier molecular flexibility index (Phi) is 8.43. The van der Waals surface area contributed by atoms with Crippen LogP contribution in [-0.4, -0.2) is 56.5 Å². The quantitative estimate of drug-likeness (QED) is 0.558. The second kappa shape index (κ2) is 10.6. The van der Waals surface area contributed by atoms with Crippen molar-refractivity contribution in [2.24, 2.45) is 0 Å². The van der Waals surface area contributed by atoms with Gasteiger partial charge >= 0.3 is 0 Å². The summed E-state index contributed by atoms with van der Waals surface area (Å²) < 4.78 is 5.72. The molecule has 2 N–H and O–H groups in total. The number of halogens is 2. The highest BCUT2D eigenvalue weighted by Gasteiger charge is 2.17. The monoisotopic (exact) mass is 487 g/mol. The molecule has 0 fully saturated rings. The number of thiophene rings is 1. The van der Waals surface area contributed by atoms with Crippen LogP contribution in [0, 0.1) is 0 Å². The summed E-state index contributed by atoms with van der Waals surface area (Å²) in [4.78, 5) is 38.4. The molecule has 3 amide bonds. The molecule has 0 aliphatic heterocycles. The number of nitrogens with zero attached hydrogens (tertiary/aromatic N) is 1. The summed E-state index contributed by atoms with van der Waals surface area (Å²) >= 11 is 10.8. The van der Waals surface area contributed by atoms with E-state index in [9.17, 15) is 14.4 Å². The van der Waals surface area contributed by atoms with Gasteiger partial charge in [0.2, 0.25) is 5.91 Å². The molecule has 10 heteroatoms. The summed E-state index contributed by atoms with van der Waals surface area (Å²) in [5, 5.41) is 5.55. The second-order valence-corrected chi connectivity index (χ2v) is 8.63. The topological polar surface area (TPSA) is 87.7 Å². The van der Waals surface area contributed by atoms with Gasteiger partial charge in [0.1, 0.15) is 0 Å². The van der Waals surface area contributed by atoms with E-state index < -0.39 is 0 Å². The highest BCUT2D eigenvalue weighted by Crippen LogP contribution is 2.23. The minimum atomic E-state index is -0.375. The number of ether oxygens (including phenoxy) is 1. The third-order valence-electron chi connectivity index (χ3n) is 3.60. The second-order valence-electron chi connectivity index (χ2n) is 5.76. The molecule has 0 saturated heterocycles. The largest absolute Gasteiger partial charge is 0.383 e. The van der Waals surface area contributed by atoms with Crippen molar-refractivity contribution in [1.82, 2.24) is 10.2 Å². The van der Waals surface area contributed by atoms with Crippen molar-refractivity contribution in [3.8, 4) is 0 Å². The number of carbonyl (C=O) groups is 3. The Labute approximate surface area is 180 Å². The van der Waals surface area contributed by atoms with Crippen molar-refractivity contribution in [1.29, 1.82) is 0 Å². The Balaban J connectivity index is 1.93. The number of carbonyl (C=O) groups excluding carboxylic acids is 3. The molecule has 28 heavy (non-hydrogen) atoms. The molecule has 0 radical (unpaired) electrons. The smallest absolute Gasteiger partial charge is 0.264 e. The van der Waals surface area contributed by atoms with E-state index in [0.29, 0.717) is 29.3 Å². The van der Waals surface area contributed by atoms with Crippen LogP contribution in [0.4, 0.5) is 5.69 Å². The van der Waals surface area contributed by atoms with E-state index in [-0.39, 0.29) is 29.3 Å². The predicted molar refractivity (Wildman–Crippen MR) is 113 cm³/mol. The van der Waals surface area contributed by atoms with Gasteiger partial charge in [-0.1, -0.05) is 11.6 Å². The first-order valence-corrected chi connectivity index (χ1v) is 10.2. The number of nitrogens with one attached hydrogen (secondary N) is 2. The lowest BCUT2D eigenvalue weighted by atomic mass is 10.2. The van der Waals surface area contributed by atoms with Crippen molar-refractivity contribution in [2.45, 2.75) is 0 Å². The van der Waals surface area contributed by atoms with Crippen LogP contribution in [0.1, 0.15) is 20.0 Å². The van der Waals surface area contributed by atoms with E-state index >= 15 is 0 Å². The van der Waals surface area contributed by atoms with E-state index in [0.717, 1.165) is 3.79 Å². The SMILES string of the molecule is COCCNC(=O)c1ccc(NC(=O)CN(C)C(=O)c2ccc(Br)s2)cc1Cl. The standard InChI is InChI=1S/C18H19BrClN3O4S/c1-23(18(26)14-5-6-15(19)28-14)10-16(24)22-11-3-4-12(13(20)9-11)17(25)21-7-8-27-2/h3-6,9H,7-8,10H2,1-2H3,(H,21,25)(H,22,24). The lowest BCUT2D eigenvalue weighted by molar-refractivity contribution is -0.116. The summed E-state index contributed by atoms with van der Waals surface area (Å²) in [6.07, 6.45) is 0. The van der Waals surface area contributed by atoms with Crippen molar-refractivity contribution in [3.05, 3.63) is 49.6 Å². The Hall–Kier alpha value is -1.94. The molecule has 0 bridgehead atoms. The molecule has 0 spiro atoms. The first kappa shape index (κ1) is 22.4. The third kappa shape index (κ3) is 6.30. The van der Waals surface area contributed by atoms with Crippen LogP contribution in [-0.2, 0) is 9.53 Å². The third-order valence-corrected chi connectivity index (χ3v) is 5.53. The maximum Gasteiger partial charge on any atom is 0.264 e. The molecule has 0 aliphatic carbocycles. The molecular weight excluding hydrogens is 470 g/mol. The van der Waals surface area contributed by atoms with Crippen molar-refractivity contribution >= 4 is 62.3 Å². The summed E-state index contributed by atoms with van der Waals surface area (Å²) in [6, 6.07) is 8.07. The normalized spacial score (nSPS) is 10.4. The maximum absolute atomic E-state index is 12.3. The van der Waals surface area contributed by atoms with Crippen LogP contribution >= 0.6 is 38.9 Å². The summed E-state index contributed by atoms with van der Waals surface area (Å²) in [5.74, 6) is -0.945. The van der Waals surface area contributed by atoms with E-state index in [2.05, 4.69) is 26.6 Å². The maximum atomic E-state index is 12.3. The Morgan fingerprint density at radius 3 is 2.61 bits per heavy atom. The van der Waals surface area contributed by atoms with Crippen LogP contribution in [0.15, 0.2) is 34.1 Å². The molecule has 150 valence electrons. The van der Waals surface area contributed by atoms with E-state index in [1.54, 1.807) is 32.4 Å². The lowest BCUT2D eigenvalue weighted by Gasteiger charge is -2.16. The van der Waals surface area contributed by atoms with Crippen LogP contribution in [0.5, 0.6) is 0 Å². The number of anilines is 1. The molecule has 2 rings (SSSR count). The Morgan fingerprint density at radius 1 is 1.25 bits per heavy atom. The van der Waals surface area contributed by atoms with Crippen LogP contribution in [0.2, 0.25) is 5.02 Å². The summed E-state index contributed by atoms with van der Waals surface area (Å²) in [5.41, 5.74) is 0.731. The first-order valence-electron chi connectivity index (χ1n) is 8.19. The van der Waals surface area contributed by atoms with Gasteiger partial charge in [0.25, 0.3) is 11.8 Å². The van der Waals surface area contributed by atoms with Crippen molar-refractivity contribution < 1.29 is 19.1 Å². The Morgan fingerprint density at radius 2 is 2.00 bits per heavy atom. The zero-order chi connectivity index (χ0) is 20.7.